The Labute approximate surface area is 154 Å². The molecule has 0 bridgehead atoms. The van der Waals surface area contributed by atoms with Gasteiger partial charge in [0.2, 0.25) is 0 Å². The zero-order valence-electron chi connectivity index (χ0n) is 14.4. The quantitative estimate of drug-likeness (QED) is 0.564. The highest BCUT2D eigenvalue weighted by Gasteiger charge is 2.21. The zero-order valence-corrected chi connectivity index (χ0v) is 14.4. The van der Waals surface area contributed by atoms with Crippen molar-refractivity contribution in [2.75, 3.05) is 12.3 Å². The minimum absolute atomic E-state index is 0.136. The highest BCUT2D eigenvalue weighted by molar-refractivity contribution is 5.58. The molecule has 1 aliphatic rings. The van der Waals surface area contributed by atoms with Gasteiger partial charge < -0.3 is 5.73 Å². The molecule has 27 heavy (non-hydrogen) atoms. The van der Waals surface area contributed by atoms with Gasteiger partial charge >= 0.3 is 0 Å². The topological polar surface area (TPSA) is 55.0 Å². The predicted octanol–water partition coefficient (Wildman–Crippen LogP) is 3.70. The van der Waals surface area contributed by atoms with Crippen LogP contribution in [0.25, 0.3) is 11.4 Å². The van der Waals surface area contributed by atoms with E-state index >= 15 is 0 Å². The summed E-state index contributed by atoms with van der Waals surface area (Å²) in [7, 11) is 0. The van der Waals surface area contributed by atoms with Crippen LogP contribution in [0.2, 0.25) is 0 Å². The second kappa shape index (κ2) is 7.00. The third kappa shape index (κ3) is 3.50. The van der Waals surface area contributed by atoms with E-state index in [1.807, 2.05) is 17.0 Å². The maximum absolute atomic E-state index is 13.9. The number of benzene rings is 2. The molecule has 0 amide bonds. The summed E-state index contributed by atoms with van der Waals surface area (Å²) in [6.07, 6.45) is 2.44. The molecule has 0 saturated heterocycles. The van der Waals surface area contributed by atoms with Crippen molar-refractivity contribution >= 4 is 5.69 Å². The van der Waals surface area contributed by atoms with Gasteiger partial charge in [0.25, 0.3) is 0 Å². The Morgan fingerprint density at radius 3 is 2.56 bits per heavy atom. The number of aromatic nitrogens is 2. The SMILES string of the molecule is Nc1ccc(-c2ncc3c(n2)CCN(Cc2ccc(F)c(F)c2F)C3)cc1. The van der Waals surface area contributed by atoms with Crippen LogP contribution >= 0.6 is 0 Å². The average Bonchev–Trinajstić information content (AvgIpc) is 2.68. The molecule has 0 saturated carbocycles. The Morgan fingerprint density at radius 2 is 1.78 bits per heavy atom. The van der Waals surface area contributed by atoms with Gasteiger partial charge in [-0.25, -0.2) is 23.1 Å². The summed E-state index contributed by atoms with van der Waals surface area (Å²) in [6.45, 7) is 1.36. The van der Waals surface area contributed by atoms with Crippen molar-refractivity contribution in [1.82, 2.24) is 14.9 Å². The van der Waals surface area contributed by atoms with Gasteiger partial charge in [0.1, 0.15) is 0 Å². The minimum Gasteiger partial charge on any atom is -0.399 e. The van der Waals surface area contributed by atoms with Crippen molar-refractivity contribution in [2.45, 2.75) is 19.5 Å². The Balaban J connectivity index is 1.52. The van der Waals surface area contributed by atoms with Crippen LogP contribution in [0, 0.1) is 17.5 Å². The lowest BCUT2D eigenvalue weighted by atomic mass is 10.1. The Bertz CT molecular complexity index is 989. The maximum Gasteiger partial charge on any atom is 0.194 e. The van der Waals surface area contributed by atoms with E-state index in [1.54, 1.807) is 18.3 Å². The largest absolute Gasteiger partial charge is 0.399 e. The molecule has 2 N–H and O–H groups in total. The van der Waals surface area contributed by atoms with E-state index in [-0.39, 0.29) is 12.1 Å². The van der Waals surface area contributed by atoms with Crippen molar-refractivity contribution in [1.29, 1.82) is 0 Å². The fourth-order valence-electron chi connectivity index (χ4n) is 3.21. The van der Waals surface area contributed by atoms with Crippen LogP contribution in [0.1, 0.15) is 16.8 Å². The van der Waals surface area contributed by atoms with Gasteiger partial charge in [0, 0.05) is 54.6 Å². The van der Waals surface area contributed by atoms with Gasteiger partial charge in [0.15, 0.2) is 23.3 Å². The first kappa shape index (κ1) is 17.5. The molecule has 0 radical (unpaired) electrons. The summed E-state index contributed by atoms with van der Waals surface area (Å²) in [5, 5.41) is 0. The second-order valence-electron chi connectivity index (χ2n) is 6.58. The average molecular weight is 370 g/mol. The molecule has 0 spiro atoms. The summed E-state index contributed by atoms with van der Waals surface area (Å²) < 4.78 is 40.4. The van der Waals surface area contributed by atoms with Crippen LogP contribution in [0.15, 0.2) is 42.6 Å². The van der Waals surface area contributed by atoms with Gasteiger partial charge in [-0.1, -0.05) is 6.07 Å². The number of nitrogens with two attached hydrogens (primary N) is 1. The number of nitrogens with zero attached hydrogens (tertiary/aromatic N) is 3. The fourth-order valence-corrected chi connectivity index (χ4v) is 3.21. The first-order chi connectivity index (χ1) is 13.0. The number of halogens is 3. The minimum atomic E-state index is -1.43. The van der Waals surface area contributed by atoms with Crippen LogP contribution in [-0.2, 0) is 19.5 Å². The van der Waals surface area contributed by atoms with Crippen LogP contribution in [0.4, 0.5) is 18.9 Å². The third-order valence-electron chi connectivity index (χ3n) is 4.69. The number of nitrogen functional groups attached to an aromatic ring is 1. The van der Waals surface area contributed by atoms with Crippen LogP contribution in [-0.4, -0.2) is 21.4 Å². The van der Waals surface area contributed by atoms with E-state index in [9.17, 15) is 13.2 Å². The molecule has 4 rings (SSSR count). The monoisotopic (exact) mass is 370 g/mol. The van der Waals surface area contributed by atoms with Crippen LogP contribution in [0.3, 0.4) is 0 Å². The van der Waals surface area contributed by atoms with Crippen molar-refractivity contribution in [2.24, 2.45) is 0 Å². The first-order valence-corrected chi connectivity index (χ1v) is 8.56. The van der Waals surface area contributed by atoms with E-state index in [2.05, 4.69) is 9.97 Å². The number of hydrogen-bond acceptors (Lipinski definition) is 4. The molecule has 3 aromatic rings. The summed E-state index contributed by atoms with van der Waals surface area (Å²) >= 11 is 0. The molecular weight excluding hydrogens is 353 g/mol. The van der Waals surface area contributed by atoms with Crippen molar-refractivity contribution in [3.63, 3.8) is 0 Å². The summed E-state index contributed by atoms with van der Waals surface area (Å²) in [6, 6.07) is 9.58. The molecule has 7 heteroatoms. The number of anilines is 1. The normalized spacial score (nSPS) is 14.2. The van der Waals surface area contributed by atoms with Crippen molar-refractivity contribution in [3.8, 4) is 11.4 Å². The van der Waals surface area contributed by atoms with Gasteiger partial charge in [-0.2, -0.15) is 0 Å². The van der Waals surface area contributed by atoms with Gasteiger partial charge in [0.05, 0.1) is 5.69 Å². The summed E-state index contributed by atoms with van der Waals surface area (Å²) in [4.78, 5) is 11.0. The Kier molecular flexibility index (Phi) is 4.53. The predicted molar refractivity (Wildman–Crippen MR) is 96.0 cm³/mol. The molecule has 1 aliphatic heterocycles. The first-order valence-electron chi connectivity index (χ1n) is 8.56. The molecule has 0 aliphatic carbocycles. The lowest BCUT2D eigenvalue weighted by Crippen LogP contribution is -2.31. The summed E-state index contributed by atoms with van der Waals surface area (Å²) in [5.41, 5.74) is 9.30. The molecule has 0 fully saturated rings. The highest BCUT2D eigenvalue weighted by Crippen LogP contribution is 2.24. The Hall–Kier alpha value is -2.93. The van der Waals surface area contributed by atoms with E-state index in [4.69, 9.17) is 5.73 Å². The zero-order chi connectivity index (χ0) is 19.0. The highest BCUT2D eigenvalue weighted by atomic mass is 19.2. The lowest BCUT2D eigenvalue weighted by molar-refractivity contribution is 0.238. The molecule has 1 aromatic heterocycles. The number of rotatable bonds is 3. The van der Waals surface area contributed by atoms with E-state index in [0.717, 1.165) is 22.9 Å². The Morgan fingerprint density at radius 1 is 1.00 bits per heavy atom. The van der Waals surface area contributed by atoms with Crippen LogP contribution < -0.4 is 5.73 Å². The second-order valence-corrected chi connectivity index (χ2v) is 6.58. The van der Waals surface area contributed by atoms with Gasteiger partial charge in [-0.05, 0) is 30.3 Å². The molecule has 0 atom stereocenters. The lowest BCUT2D eigenvalue weighted by Gasteiger charge is -2.28. The molecule has 0 unspecified atom stereocenters. The van der Waals surface area contributed by atoms with E-state index in [1.165, 1.54) is 6.07 Å². The van der Waals surface area contributed by atoms with Gasteiger partial charge in [-0.15, -0.1) is 0 Å². The molecular formula is C20H17F3N4. The fraction of sp³-hybridized carbons (Fsp3) is 0.200. The number of hydrogen-bond donors (Lipinski definition) is 1. The van der Waals surface area contributed by atoms with E-state index < -0.39 is 17.5 Å². The van der Waals surface area contributed by atoms with Gasteiger partial charge in [-0.3, -0.25) is 4.90 Å². The summed E-state index contributed by atoms with van der Waals surface area (Å²) in [5.74, 6) is -3.10. The number of fused-ring (bicyclic) bond motifs is 1. The standard InChI is InChI=1S/C20H17F3N4/c21-16-6-3-13(18(22)19(16)23)10-27-8-7-17-14(11-27)9-25-20(26-17)12-1-4-15(24)5-2-12/h1-6,9H,7-8,10-11,24H2. The van der Waals surface area contributed by atoms with E-state index in [0.29, 0.717) is 31.0 Å². The molecule has 2 aromatic carbocycles. The van der Waals surface area contributed by atoms with Crippen LogP contribution in [0.5, 0.6) is 0 Å². The van der Waals surface area contributed by atoms with Crippen molar-refractivity contribution in [3.05, 3.63) is 76.9 Å². The third-order valence-corrected chi connectivity index (χ3v) is 4.69. The maximum atomic E-state index is 13.9. The molecule has 4 nitrogen and oxygen atoms in total. The smallest absolute Gasteiger partial charge is 0.194 e. The van der Waals surface area contributed by atoms with Crippen molar-refractivity contribution < 1.29 is 13.2 Å². The molecule has 138 valence electrons. The molecule has 2 heterocycles.